The summed E-state index contributed by atoms with van der Waals surface area (Å²) in [4.78, 5) is 33.4. The number of hydrogen-bond donors (Lipinski definition) is 5. The van der Waals surface area contributed by atoms with Gasteiger partial charge >= 0.3 is 11.9 Å². The standard InChI is InChI=1S/C11H8ClNO3.C5H12NO4P.H3N/c12-8-3-4-9(16-6-10(14)15)11-7(8)2-1-5-13-11;1-11(9,10)3-2-4(6)5(7)8;/h1-5H,6H2,(H,14,15);4H,2-3,6H2,1H3,(H,7,8)(H,9,10);1H3. The summed E-state index contributed by atoms with van der Waals surface area (Å²) in [6.45, 7) is 0.787. The number of nitrogens with two attached hydrogens (primary N) is 1. The zero-order valence-electron chi connectivity index (χ0n) is 15.1. The molecule has 0 aliphatic heterocycles. The van der Waals surface area contributed by atoms with Gasteiger partial charge in [0.2, 0.25) is 0 Å². The molecule has 1 aromatic carbocycles. The number of benzene rings is 1. The average molecular weight is 436 g/mol. The van der Waals surface area contributed by atoms with E-state index in [1.165, 1.54) is 6.66 Å². The van der Waals surface area contributed by atoms with Crippen LogP contribution in [0.25, 0.3) is 10.9 Å². The first-order valence-electron chi connectivity index (χ1n) is 7.66. The van der Waals surface area contributed by atoms with Gasteiger partial charge in [0.1, 0.15) is 17.3 Å². The average Bonchev–Trinajstić information content (AvgIpc) is 2.59. The van der Waals surface area contributed by atoms with Crippen LogP contribution in [0.5, 0.6) is 5.75 Å². The summed E-state index contributed by atoms with van der Waals surface area (Å²) in [5.41, 5.74) is 5.66. The van der Waals surface area contributed by atoms with Crippen molar-refractivity contribution in [3.63, 3.8) is 0 Å². The van der Waals surface area contributed by atoms with Gasteiger partial charge in [0.05, 0.1) is 5.02 Å². The molecule has 28 heavy (non-hydrogen) atoms. The minimum atomic E-state index is -3.10. The molecule has 2 unspecified atom stereocenters. The molecule has 0 fully saturated rings. The molecule has 0 saturated carbocycles. The quantitative estimate of drug-likeness (QED) is 0.402. The van der Waals surface area contributed by atoms with Crippen LogP contribution < -0.4 is 16.6 Å². The number of halogens is 1. The summed E-state index contributed by atoms with van der Waals surface area (Å²) in [5.74, 6) is -1.75. The minimum absolute atomic E-state index is 0. The maximum atomic E-state index is 10.6. The van der Waals surface area contributed by atoms with Crippen molar-refractivity contribution in [1.29, 1.82) is 0 Å². The lowest BCUT2D eigenvalue weighted by Crippen LogP contribution is -2.30. The van der Waals surface area contributed by atoms with Gasteiger partial charge in [-0.1, -0.05) is 11.6 Å². The smallest absolute Gasteiger partial charge is 0.341 e. The van der Waals surface area contributed by atoms with Crippen LogP contribution in [0.4, 0.5) is 0 Å². The van der Waals surface area contributed by atoms with E-state index in [0.717, 1.165) is 5.39 Å². The van der Waals surface area contributed by atoms with Crippen LogP contribution in [0.15, 0.2) is 30.5 Å². The van der Waals surface area contributed by atoms with E-state index >= 15 is 0 Å². The van der Waals surface area contributed by atoms with Gasteiger partial charge in [-0.3, -0.25) is 14.3 Å². The highest BCUT2D eigenvalue weighted by atomic mass is 35.5. The number of rotatable bonds is 7. The largest absolute Gasteiger partial charge is 0.480 e. The third-order valence-electron chi connectivity index (χ3n) is 3.20. The van der Waals surface area contributed by atoms with Crippen molar-refractivity contribution >= 4 is 41.8 Å². The highest BCUT2D eigenvalue weighted by Crippen LogP contribution is 2.35. The lowest BCUT2D eigenvalue weighted by Gasteiger charge is -2.07. The lowest BCUT2D eigenvalue weighted by molar-refractivity contribution is -0.139. The van der Waals surface area contributed by atoms with E-state index in [1.54, 1.807) is 30.5 Å². The van der Waals surface area contributed by atoms with Crippen molar-refractivity contribution in [3.05, 3.63) is 35.5 Å². The number of ether oxygens (including phenoxy) is 1. The molecule has 2 atom stereocenters. The molecular formula is C16H23ClN3O7P. The predicted octanol–water partition coefficient (Wildman–Crippen LogP) is 2.20. The molecule has 2 rings (SSSR count). The molecule has 0 saturated heterocycles. The molecule has 8 N–H and O–H groups in total. The van der Waals surface area contributed by atoms with E-state index < -0.39 is 32.0 Å². The van der Waals surface area contributed by atoms with E-state index in [4.69, 9.17) is 37.2 Å². The molecule has 156 valence electrons. The number of carbonyl (C=O) groups is 2. The Hall–Kier alpha value is -2.23. The Bertz CT molecular complexity index is 859. The predicted molar refractivity (Wildman–Crippen MR) is 106 cm³/mol. The summed E-state index contributed by atoms with van der Waals surface area (Å²) in [6, 6.07) is 5.80. The fourth-order valence-corrected chi connectivity index (χ4v) is 2.84. The Kier molecular flexibility index (Phi) is 10.7. The van der Waals surface area contributed by atoms with Crippen molar-refractivity contribution in [1.82, 2.24) is 11.1 Å². The number of fused-ring (bicyclic) bond motifs is 1. The second-order valence-corrected chi connectivity index (χ2v) is 8.59. The lowest BCUT2D eigenvalue weighted by atomic mass is 10.2. The minimum Gasteiger partial charge on any atom is -0.480 e. The number of carboxylic acids is 2. The number of aromatic nitrogens is 1. The van der Waals surface area contributed by atoms with Crippen molar-refractivity contribution in [2.45, 2.75) is 12.5 Å². The molecule has 0 aliphatic carbocycles. The first kappa shape index (κ1) is 25.8. The monoisotopic (exact) mass is 435 g/mol. The van der Waals surface area contributed by atoms with Crippen molar-refractivity contribution in [3.8, 4) is 5.75 Å². The molecule has 10 nitrogen and oxygen atoms in total. The fourth-order valence-electron chi connectivity index (χ4n) is 1.87. The molecule has 0 radical (unpaired) electrons. The van der Waals surface area contributed by atoms with Gasteiger partial charge in [0, 0.05) is 24.4 Å². The highest BCUT2D eigenvalue weighted by Gasteiger charge is 2.16. The normalized spacial score (nSPS) is 13.3. The summed E-state index contributed by atoms with van der Waals surface area (Å²) < 4.78 is 15.8. The molecule has 0 bridgehead atoms. The number of carboxylic acid groups (broad SMARTS) is 2. The van der Waals surface area contributed by atoms with Gasteiger partial charge in [-0.15, -0.1) is 0 Å². The SMILES string of the molecule is CP(=O)(O)CCC(N)C(=O)O.N.O=C(O)COc1ccc(Cl)c2cccnc12. The Morgan fingerprint density at radius 3 is 2.50 bits per heavy atom. The van der Waals surface area contributed by atoms with Crippen molar-refractivity contribution in [2.75, 3.05) is 19.4 Å². The molecule has 0 amide bonds. The molecule has 2 aromatic rings. The Morgan fingerprint density at radius 1 is 1.32 bits per heavy atom. The van der Waals surface area contributed by atoms with Gasteiger partial charge in [0.15, 0.2) is 14.0 Å². The third-order valence-corrected chi connectivity index (χ3v) is 4.62. The van der Waals surface area contributed by atoms with E-state index in [0.29, 0.717) is 16.3 Å². The van der Waals surface area contributed by atoms with Crippen molar-refractivity contribution < 1.29 is 34.0 Å². The molecule has 1 heterocycles. The van der Waals surface area contributed by atoms with E-state index in [9.17, 15) is 14.2 Å². The molecular weight excluding hydrogens is 413 g/mol. The number of aliphatic carboxylic acids is 2. The molecule has 1 aromatic heterocycles. The Morgan fingerprint density at radius 2 is 1.96 bits per heavy atom. The Balaban J connectivity index is 0.000000541. The van der Waals surface area contributed by atoms with Gasteiger partial charge in [-0.2, -0.15) is 0 Å². The maximum absolute atomic E-state index is 10.6. The summed E-state index contributed by atoms with van der Waals surface area (Å²) >= 11 is 5.98. The van der Waals surface area contributed by atoms with E-state index in [1.807, 2.05) is 0 Å². The summed E-state index contributed by atoms with van der Waals surface area (Å²) in [6.07, 6.45) is 1.60. The van der Waals surface area contributed by atoms with Crippen LogP contribution in [0.2, 0.25) is 5.02 Å². The van der Waals surface area contributed by atoms with Crippen LogP contribution in [0.1, 0.15) is 6.42 Å². The zero-order valence-corrected chi connectivity index (χ0v) is 16.8. The first-order valence-corrected chi connectivity index (χ1v) is 10.3. The number of pyridine rings is 1. The van der Waals surface area contributed by atoms with E-state index in [-0.39, 0.29) is 18.7 Å². The van der Waals surface area contributed by atoms with Gasteiger partial charge in [0.25, 0.3) is 0 Å². The fraction of sp³-hybridized carbons (Fsp3) is 0.312. The summed E-state index contributed by atoms with van der Waals surface area (Å²) in [7, 11) is -3.10. The Labute approximate surface area is 166 Å². The number of hydrogen-bond acceptors (Lipinski definition) is 7. The first-order chi connectivity index (χ1) is 12.5. The van der Waals surface area contributed by atoms with Gasteiger partial charge in [-0.05, 0) is 30.7 Å². The van der Waals surface area contributed by atoms with E-state index in [2.05, 4.69) is 4.98 Å². The second-order valence-electron chi connectivity index (χ2n) is 5.64. The maximum Gasteiger partial charge on any atom is 0.341 e. The van der Waals surface area contributed by atoms with Gasteiger partial charge in [-0.25, -0.2) is 4.79 Å². The third kappa shape index (κ3) is 9.12. The van der Waals surface area contributed by atoms with Crippen LogP contribution in [-0.4, -0.2) is 57.5 Å². The molecule has 0 aliphatic rings. The topological polar surface area (TPSA) is 195 Å². The van der Waals surface area contributed by atoms with Crippen LogP contribution in [-0.2, 0) is 14.2 Å². The summed E-state index contributed by atoms with van der Waals surface area (Å²) in [5, 5.41) is 18.1. The highest BCUT2D eigenvalue weighted by molar-refractivity contribution is 7.57. The zero-order chi connectivity index (χ0) is 20.6. The molecule has 0 spiro atoms. The van der Waals surface area contributed by atoms with Crippen molar-refractivity contribution in [2.24, 2.45) is 5.73 Å². The second kappa shape index (κ2) is 11.6. The molecule has 12 heteroatoms. The number of nitrogens with zero attached hydrogens (tertiary/aromatic N) is 1. The van der Waals surface area contributed by atoms with Crippen LogP contribution in [0, 0.1) is 0 Å². The van der Waals surface area contributed by atoms with Gasteiger partial charge < -0.3 is 31.7 Å². The van der Waals surface area contributed by atoms with Crippen LogP contribution >= 0.6 is 19.0 Å². The van der Waals surface area contributed by atoms with Crippen LogP contribution in [0.3, 0.4) is 0 Å².